The van der Waals surface area contributed by atoms with Crippen molar-refractivity contribution < 1.29 is 9.00 Å². The van der Waals surface area contributed by atoms with Gasteiger partial charge < -0.3 is 10.2 Å². The minimum absolute atomic E-state index is 0.103. The SMILES string of the molecule is C[S@@](=O)Cc1ccc(Cl)c(NC(=O)N2CCCCCC2)c1. The van der Waals surface area contributed by atoms with Gasteiger partial charge in [-0.15, -0.1) is 0 Å². The van der Waals surface area contributed by atoms with Crippen molar-refractivity contribution in [2.45, 2.75) is 31.4 Å². The molecular weight excluding hydrogens is 308 g/mol. The van der Waals surface area contributed by atoms with Crippen LogP contribution in [-0.2, 0) is 16.6 Å². The van der Waals surface area contributed by atoms with E-state index in [1.165, 1.54) is 12.8 Å². The Kier molecular flexibility index (Phi) is 6.06. The summed E-state index contributed by atoms with van der Waals surface area (Å²) < 4.78 is 11.3. The van der Waals surface area contributed by atoms with Gasteiger partial charge in [-0.1, -0.05) is 30.5 Å². The Morgan fingerprint density at radius 2 is 1.95 bits per heavy atom. The van der Waals surface area contributed by atoms with Gasteiger partial charge >= 0.3 is 6.03 Å². The molecule has 1 aliphatic heterocycles. The summed E-state index contributed by atoms with van der Waals surface area (Å²) in [5.74, 6) is 0.462. The molecule has 2 amide bonds. The van der Waals surface area contributed by atoms with E-state index in [2.05, 4.69) is 5.32 Å². The molecule has 1 aromatic rings. The van der Waals surface area contributed by atoms with E-state index in [-0.39, 0.29) is 6.03 Å². The number of rotatable bonds is 3. The van der Waals surface area contributed by atoms with E-state index in [4.69, 9.17) is 11.6 Å². The van der Waals surface area contributed by atoms with Crippen LogP contribution in [0.3, 0.4) is 0 Å². The van der Waals surface area contributed by atoms with E-state index in [1.54, 1.807) is 18.4 Å². The molecule has 1 fully saturated rings. The van der Waals surface area contributed by atoms with Crippen molar-refractivity contribution >= 4 is 34.1 Å². The second-order valence-corrected chi connectivity index (χ2v) is 7.21. The minimum atomic E-state index is -0.917. The molecule has 0 spiro atoms. The number of hydrogen-bond donors (Lipinski definition) is 1. The first-order chi connectivity index (χ1) is 10.1. The van der Waals surface area contributed by atoms with E-state index in [1.807, 2.05) is 11.0 Å². The Hall–Kier alpha value is -1.07. The largest absolute Gasteiger partial charge is 0.325 e. The van der Waals surface area contributed by atoms with Gasteiger partial charge in [0.15, 0.2) is 0 Å². The van der Waals surface area contributed by atoms with Crippen molar-refractivity contribution in [2.24, 2.45) is 0 Å². The molecule has 2 rings (SSSR count). The fourth-order valence-electron chi connectivity index (χ4n) is 2.46. The molecule has 1 aliphatic rings. The number of hydrogen-bond acceptors (Lipinski definition) is 2. The number of urea groups is 1. The zero-order valence-electron chi connectivity index (χ0n) is 12.2. The smallest absolute Gasteiger partial charge is 0.321 e. The van der Waals surface area contributed by atoms with Crippen LogP contribution < -0.4 is 5.32 Å². The summed E-state index contributed by atoms with van der Waals surface area (Å²) in [6, 6.07) is 5.28. The first-order valence-electron chi connectivity index (χ1n) is 7.20. The lowest BCUT2D eigenvalue weighted by molar-refractivity contribution is 0.214. The highest BCUT2D eigenvalue weighted by Crippen LogP contribution is 2.24. The molecule has 1 atom stereocenters. The van der Waals surface area contributed by atoms with E-state index in [0.29, 0.717) is 16.5 Å². The third-order valence-corrected chi connectivity index (χ3v) is 4.61. The Labute approximate surface area is 133 Å². The molecule has 6 heteroatoms. The van der Waals surface area contributed by atoms with Crippen molar-refractivity contribution in [3.05, 3.63) is 28.8 Å². The maximum absolute atomic E-state index is 12.3. The molecule has 0 aromatic heterocycles. The first kappa shape index (κ1) is 16.3. The van der Waals surface area contributed by atoms with Gasteiger partial charge in [-0.05, 0) is 30.5 Å². The van der Waals surface area contributed by atoms with Crippen molar-refractivity contribution in [1.29, 1.82) is 0 Å². The first-order valence-corrected chi connectivity index (χ1v) is 9.31. The Bertz CT molecular complexity index is 528. The topological polar surface area (TPSA) is 49.4 Å². The normalized spacial score (nSPS) is 17.1. The number of likely N-dealkylation sites (tertiary alicyclic amines) is 1. The van der Waals surface area contributed by atoms with Crippen LogP contribution in [-0.4, -0.2) is 34.5 Å². The highest BCUT2D eigenvalue weighted by Gasteiger charge is 2.16. The van der Waals surface area contributed by atoms with Crippen LogP contribution >= 0.6 is 11.6 Å². The molecule has 1 aromatic carbocycles. The fraction of sp³-hybridized carbons (Fsp3) is 0.533. The Morgan fingerprint density at radius 3 is 2.57 bits per heavy atom. The van der Waals surface area contributed by atoms with Crippen LogP contribution in [0.1, 0.15) is 31.2 Å². The summed E-state index contributed by atoms with van der Waals surface area (Å²) in [5, 5.41) is 3.38. The third kappa shape index (κ3) is 5.00. The van der Waals surface area contributed by atoms with Crippen LogP contribution in [0, 0.1) is 0 Å². The maximum Gasteiger partial charge on any atom is 0.321 e. The number of carbonyl (C=O) groups is 1. The summed E-state index contributed by atoms with van der Waals surface area (Å²) in [5.41, 5.74) is 1.50. The number of anilines is 1. The zero-order chi connectivity index (χ0) is 15.2. The lowest BCUT2D eigenvalue weighted by Gasteiger charge is -2.21. The molecule has 0 bridgehead atoms. The quantitative estimate of drug-likeness (QED) is 0.921. The number of benzene rings is 1. The molecule has 1 N–H and O–H groups in total. The van der Waals surface area contributed by atoms with Crippen molar-refractivity contribution in [2.75, 3.05) is 24.7 Å². The monoisotopic (exact) mass is 328 g/mol. The molecule has 0 unspecified atom stereocenters. The standard InChI is InChI=1S/C15H21ClN2O2S/c1-21(20)11-12-6-7-13(16)14(10-12)17-15(19)18-8-4-2-3-5-9-18/h6-7,10H,2-5,8-9,11H2,1H3,(H,17,19)/t21-/m1/s1. The molecular formula is C15H21ClN2O2S. The number of halogens is 1. The molecule has 0 radical (unpaired) electrons. The maximum atomic E-state index is 12.3. The summed E-state index contributed by atoms with van der Waals surface area (Å²) in [6.45, 7) is 1.59. The average Bonchev–Trinajstić information content (AvgIpc) is 2.71. The summed E-state index contributed by atoms with van der Waals surface area (Å²) in [6.07, 6.45) is 6.13. The lowest BCUT2D eigenvalue weighted by atomic mass is 10.2. The molecule has 0 aliphatic carbocycles. The second kappa shape index (κ2) is 7.80. The van der Waals surface area contributed by atoms with Gasteiger partial charge in [-0.2, -0.15) is 0 Å². The predicted octanol–water partition coefficient (Wildman–Crippen LogP) is 3.63. The van der Waals surface area contributed by atoms with Crippen LogP contribution in [0.15, 0.2) is 18.2 Å². The molecule has 4 nitrogen and oxygen atoms in total. The van der Waals surface area contributed by atoms with Gasteiger partial charge in [0.25, 0.3) is 0 Å². The number of carbonyl (C=O) groups excluding carboxylic acids is 1. The van der Waals surface area contributed by atoms with Crippen molar-refractivity contribution in [3.8, 4) is 0 Å². The van der Waals surface area contributed by atoms with Gasteiger partial charge in [-0.3, -0.25) is 4.21 Å². The van der Waals surface area contributed by atoms with E-state index in [0.717, 1.165) is 31.5 Å². The molecule has 1 saturated heterocycles. The molecule has 1 heterocycles. The third-order valence-electron chi connectivity index (χ3n) is 3.54. The van der Waals surface area contributed by atoms with Crippen molar-refractivity contribution in [1.82, 2.24) is 4.90 Å². The van der Waals surface area contributed by atoms with E-state index < -0.39 is 10.8 Å². The van der Waals surface area contributed by atoms with Crippen molar-refractivity contribution in [3.63, 3.8) is 0 Å². The summed E-state index contributed by atoms with van der Waals surface area (Å²) in [7, 11) is -0.917. The van der Waals surface area contributed by atoms with E-state index in [9.17, 15) is 9.00 Å². The summed E-state index contributed by atoms with van der Waals surface area (Å²) >= 11 is 6.14. The van der Waals surface area contributed by atoms with Gasteiger partial charge in [0.05, 0.1) is 10.7 Å². The molecule has 21 heavy (non-hydrogen) atoms. The Morgan fingerprint density at radius 1 is 1.29 bits per heavy atom. The second-order valence-electron chi connectivity index (χ2n) is 5.36. The molecule has 0 saturated carbocycles. The van der Waals surface area contributed by atoms with Gasteiger partial charge in [-0.25, -0.2) is 4.79 Å². The van der Waals surface area contributed by atoms with Crippen LogP contribution in [0.25, 0.3) is 0 Å². The highest BCUT2D eigenvalue weighted by atomic mass is 35.5. The minimum Gasteiger partial charge on any atom is -0.325 e. The fourth-order valence-corrected chi connectivity index (χ4v) is 3.27. The van der Waals surface area contributed by atoms with Gasteiger partial charge in [0.1, 0.15) is 0 Å². The van der Waals surface area contributed by atoms with Crippen LogP contribution in [0.5, 0.6) is 0 Å². The number of nitrogens with one attached hydrogen (secondary N) is 1. The number of amides is 2. The lowest BCUT2D eigenvalue weighted by Crippen LogP contribution is -2.35. The van der Waals surface area contributed by atoms with E-state index >= 15 is 0 Å². The van der Waals surface area contributed by atoms with Crippen LogP contribution in [0.4, 0.5) is 10.5 Å². The Balaban J connectivity index is 2.06. The summed E-state index contributed by atoms with van der Waals surface area (Å²) in [4.78, 5) is 14.1. The zero-order valence-corrected chi connectivity index (χ0v) is 13.8. The number of nitrogens with zero attached hydrogens (tertiary/aromatic N) is 1. The average molecular weight is 329 g/mol. The highest BCUT2D eigenvalue weighted by molar-refractivity contribution is 7.83. The van der Waals surface area contributed by atoms with Crippen LogP contribution in [0.2, 0.25) is 5.02 Å². The predicted molar refractivity (Wildman–Crippen MR) is 88.3 cm³/mol. The van der Waals surface area contributed by atoms with Gasteiger partial charge in [0, 0.05) is 35.9 Å². The molecule has 116 valence electrons. The van der Waals surface area contributed by atoms with Gasteiger partial charge in [0.2, 0.25) is 0 Å².